The smallest absolute Gasteiger partial charge is 0.315 e. The van der Waals surface area contributed by atoms with Crippen molar-refractivity contribution in [2.75, 3.05) is 0 Å². The summed E-state index contributed by atoms with van der Waals surface area (Å²) in [5.41, 5.74) is 1.62. The van der Waals surface area contributed by atoms with Crippen LogP contribution in [0.4, 0.5) is 0 Å². The molecule has 19 heavy (non-hydrogen) atoms. The second-order valence-corrected chi connectivity index (χ2v) is 6.22. The van der Waals surface area contributed by atoms with Crippen LogP contribution in [-0.2, 0) is 10.2 Å². The second kappa shape index (κ2) is 4.94. The molecule has 0 spiro atoms. The zero-order valence-corrected chi connectivity index (χ0v) is 12.5. The van der Waals surface area contributed by atoms with Crippen LogP contribution >= 0.6 is 22.9 Å². The predicted octanol–water partition coefficient (Wildman–Crippen LogP) is 4.13. The van der Waals surface area contributed by atoms with Gasteiger partial charge in [-0.2, -0.15) is 0 Å². The van der Waals surface area contributed by atoms with Crippen molar-refractivity contribution < 1.29 is 9.90 Å². The Kier molecular flexibility index (Phi) is 3.65. The summed E-state index contributed by atoms with van der Waals surface area (Å²) in [6, 6.07) is 5.60. The number of aliphatic carboxylic acids is 1. The van der Waals surface area contributed by atoms with Crippen LogP contribution in [0, 0.1) is 6.92 Å². The molecule has 0 aliphatic carbocycles. The Morgan fingerprint density at radius 3 is 2.68 bits per heavy atom. The Morgan fingerprint density at radius 2 is 2.11 bits per heavy atom. The van der Waals surface area contributed by atoms with Gasteiger partial charge in [0.25, 0.3) is 0 Å². The first kappa shape index (κ1) is 14.0. The highest BCUT2D eigenvalue weighted by molar-refractivity contribution is 7.13. The van der Waals surface area contributed by atoms with Gasteiger partial charge in [0.05, 0.1) is 5.69 Å². The molecular weight excluding hydrogens is 282 g/mol. The van der Waals surface area contributed by atoms with Crippen molar-refractivity contribution in [3.63, 3.8) is 0 Å². The third-order valence-corrected chi connectivity index (χ3v) is 4.21. The molecule has 5 heteroatoms. The molecule has 3 nitrogen and oxygen atoms in total. The summed E-state index contributed by atoms with van der Waals surface area (Å²) >= 11 is 7.38. The highest BCUT2D eigenvalue weighted by atomic mass is 35.5. The lowest BCUT2D eigenvalue weighted by Crippen LogP contribution is -2.28. The summed E-state index contributed by atoms with van der Waals surface area (Å²) in [6.07, 6.45) is 0. The lowest BCUT2D eigenvalue weighted by atomic mass is 9.90. The van der Waals surface area contributed by atoms with Crippen molar-refractivity contribution in [3.8, 4) is 10.6 Å². The molecule has 0 radical (unpaired) electrons. The van der Waals surface area contributed by atoms with Gasteiger partial charge in [-0.1, -0.05) is 17.7 Å². The Balaban J connectivity index is 2.44. The van der Waals surface area contributed by atoms with Crippen LogP contribution < -0.4 is 0 Å². The summed E-state index contributed by atoms with van der Waals surface area (Å²) in [6.45, 7) is 5.27. The van der Waals surface area contributed by atoms with Crippen molar-refractivity contribution in [1.82, 2.24) is 4.98 Å². The molecule has 1 N–H and O–H groups in total. The fraction of sp³-hybridized carbons (Fsp3) is 0.286. The number of halogens is 1. The SMILES string of the molecule is Cc1cc(Cl)ccc1-c1nc(C(C)(C)C(=O)O)cs1. The van der Waals surface area contributed by atoms with Gasteiger partial charge >= 0.3 is 5.97 Å². The monoisotopic (exact) mass is 295 g/mol. The summed E-state index contributed by atoms with van der Waals surface area (Å²) in [5, 5.41) is 12.5. The van der Waals surface area contributed by atoms with E-state index in [0.29, 0.717) is 10.7 Å². The van der Waals surface area contributed by atoms with E-state index in [-0.39, 0.29) is 0 Å². The average molecular weight is 296 g/mol. The summed E-state index contributed by atoms with van der Waals surface area (Å²) in [5.74, 6) is -0.878. The third-order valence-electron chi connectivity index (χ3n) is 3.10. The highest BCUT2D eigenvalue weighted by Crippen LogP contribution is 2.32. The minimum atomic E-state index is -0.977. The van der Waals surface area contributed by atoms with E-state index >= 15 is 0 Å². The lowest BCUT2D eigenvalue weighted by Gasteiger charge is -2.15. The van der Waals surface area contributed by atoms with Crippen LogP contribution in [0.25, 0.3) is 10.6 Å². The first-order valence-electron chi connectivity index (χ1n) is 5.78. The molecule has 0 saturated heterocycles. The van der Waals surface area contributed by atoms with Crippen LogP contribution in [0.5, 0.6) is 0 Å². The largest absolute Gasteiger partial charge is 0.481 e. The summed E-state index contributed by atoms with van der Waals surface area (Å²) < 4.78 is 0. The minimum Gasteiger partial charge on any atom is -0.481 e. The number of thiazole rings is 1. The van der Waals surface area contributed by atoms with Gasteiger partial charge < -0.3 is 5.11 Å². The van der Waals surface area contributed by atoms with Crippen molar-refractivity contribution in [3.05, 3.63) is 39.9 Å². The number of aryl methyl sites for hydroxylation is 1. The molecule has 0 bridgehead atoms. The number of carboxylic acid groups (broad SMARTS) is 1. The molecule has 0 saturated carbocycles. The molecule has 0 aliphatic rings. The molecule has 0 aliphatic heterocycles. The van der Waals surface area contributed by atoms with Crippen molar-refractivity contribution in [2.24, 2.45) is 0 Å². The van der Waals surface area contributed by atoms with E-state index in [1.165, 1.54) is 11.3 Å². The zero-order chi connectivity index (χ0) is 14.2. The molecule has 2 rings (SSSR count). The maximum Gasteiger partial charge on any atom is 0.315 e. The van der Waals surface area contributed by atoms with E-state index in [4.69, 9.17) is 11.6 Å². The van der Waals surface area contributed by atoms with Gasteiger partial charge in [0.1, 0.15) is 10.4 Å². The van der Waals surface area contributed by atoms with E-state index in [2.05, 4.69) is 4.98 Å². The average Bonchev–Trinajstić information content (AvgIpc) is 2.78. The number of nitrogens with zero attached hydrogens (tertiary/aromatic N) is 1. The Morgan fingerprint density at radius 1 is 1.42 bits per heavy atom. The molecule has 1 aromatic heterocycles. The summed E-state index contributed by atoms with van der Waals surface area (Å²) in [7, 11) is 0. The number of rotatable bonds is 3. The first-order valence-corrected chi connectivity index (χ1v) is 7.04. The van der Waals surface area contributed by atoms with Crippen molar-refractivity contribution in [1.29, 1.82) is 0 Å². The van der Waals surface area contributed by atoms with Gasteiger partial charge in [0.15, 0.2) is 0 Å². The fourth-order valence-corrected chi connectivity index (χ4v) is 2.97. The van der Waals surface area contributed by atoms with Crippen LogP contribution in [0.15, 0.2) is 23.6 Å². The van der Waals surface area contributed by atoms with Gasteiger partial charge in [-0.25, -0.2) is 4.98 Å². The van der Waals surface area contributed by atoms with Crippen LogP contribution in [0.1, 0.15) is 25.1 Å². The van der Waals surface area contributed by atoms with Crippen LogP contribution in [0.3, 0.4) is 0 Å². The lowest BCUT2D eigenvalue weighted by molar-refractivity contribution is -0.142. The van der Waals surface area contributed by atoms with E-state index in [1.54, 1.807) is 19.2 Å². The molecule has 0 fully saturated rings. The Hall–Kier alpha value is -1.39. The van der Waals surface area contributed by atoms with E-state index in [1.807, 2.05) is 25.1 Å². The van der Waals surface area contributed by atoms with Gasteiger partial charge in [0, 0.05) is 16.0 Å². The molecule has 100 valence electrons. The standard InChI is InChI=1S/C14H14ClNO2S/c1-8-6-9(15)4-5-10(8)12-16-11(7-19-12)14(2,3)13(17)18/h4-7H,1-3H3,(H,17,18). The quantitative estimate of drug-likeness (QED) is 0.926. The molecular formula is C14H14ClNO2S. The number of carbonyl (C=O) groups is 1. The van der Waals surface area contributed by atoms with Crippen molar-refractivity contribution >= 4 is 28.9 Å². The maximum atomic E-state index is 11.2. The molecule has 1 heterocycles. The second-order valence-electron chi connectivity index (χ2n) is 4.93. The third kappa shape index (κ3) is 2.65. The van der Waals surface area contributed by atoms with E-state index < -0.39 is 11.4 Å². The van der Waals surface area contributed by atoms with Crippen LogP contribution in [0.2, 0.25) is 5.02 Å². The number of benzene rings is 1. The molecule has 0 unspecified atom stereocenters. The zero-order valence-electron chi connectivity index (χ0n) is 10.9. The Bertz CT molecular complexity index is 634. The Labute approximate surface area is 120 Å². The number of carboxylic acids is 1. The predicted molar refractivity (Wildman–Crippen MR) is 78.0 cm³/mol. The van der Waals surface area contributed by atoms with Gasteiger partial charge in [-0.05, 0) is 38.5 Å². The van der Waals surface area contributed by atoms with Gasteiger partial charge in [-0.3, -0.25) is 4.79 Å². The number of aromatic nitrogens is 1. The summed E-state index contributed by atoms with van der Waals surface area (Å²) in [4.78, 5) is 15.7. The van der Waals surface area contributed by atoms with Gasteiger partial charge in [0.2, 0.25) is 0 Å². The van der Waals surface area contributed by atoms with E-state index in [0.717, 1.165) is 16.1 Å². The molecule has 2 aromatic rings. The van der Waals surface area contributed by atoms with Crippen LogP contribution in [-0.4, -0.2) is 16.1 Å². The molecule has 0 atom stereocenters. The molecule has 1 aromatic carbocycles. The van der Waals surface area contributed by atoms with Crippen molar-refractivity contribution in [2.45, 2.75) is 26.2 Å². The fourth-order valence-electron chi connectivity index (χ4n) is 1.66. The minimum absolute atomic E-state index is 0.578. The number of hydrogen-bond acceptors (Lipinski definition) is 3. The normalized spacial score (nSPS) is 11.6. The maximum absolute atomic E-state index is 11.2. The number of hydrogen-bond donors (Lipinski definition) is 1. The van der Waals surface area contributed by atoms with Gasteiger partial charge in [-0.15, -0.1) is 11.3 Å². The highest BCUT2D eigenvalue weighted by Gasteiger charge is 2.32. The topological polar surface area (TPSA) is 50.2 Å². The molecule has 0 amide bonds. The first-order chi connectivity index (χ1) is 8.82. The van der Waals surface area contributed by atoms with E-state index in [9.17, 15) is 9.90 Å².